The number of carbonyl (C=O) groups excluding carboxylic acids is 1. The molecule has 25 heavy (non-hydrogen) atoms. The minimum Gasteiger partial charge on any atom is -0.370 e. The molecule has 0 saturated heterocycles. The number of anilines is 3. The monoisotopic (exact) mass is 362 g/mol. The first-order valence-electron chi connectivity index (χ1n) is 8.01. The summed E-state index contributed by atoms with van der Waals surface area (Å²) in [6.45, 7) is 4.32. The molecule has 2 aromatic rings. The maximum atomic E-state index is 12.4. The smallest absolute Gasteiger partial charge is 0.261 e. The quantitative estimate of drug-likeness (QED) is 0.627. The Morgan fingerprint density at radius 3 is 2.32 bits per heavy atom. The van der Waals surface area contributed by atoms with Crippen LogP contribution in [-0.2, 0) is 14.8 Å². The van der Waals surface area contributed by atoms with Gasteiger partial charge in [0.05, 0.1) is 16.8 Å². The Kier molecular flexibility index (Phi) is 6.35. The molecule has 0 saturated carbocycles. The van der Waals surface area contributed by atoms with Crippen molar-refractivity contribution in [3.8, 4) is 0 Å². The number of sulfonamides is 1. The molecule has 134 valence electrons. The topological polar surface area (TPSA) is 100 Å². The number of nitrogens with zero attached hydrogens (tertiary/aromatic N) is 1. The van der Waals surface area contributed by atoms with Crippen LogP contribution in [0.5, 0.6) is 0 Å². The van der Waals surface area contributed by atoms with E-state index in [1.165, 1.54) is 37.4 Å². The van der Waals surface area contributed by atoms with Crippen LogP contribution in [0.25, 0.3) is 0 Å². The number of benzene rings is 1. The zero-order valence-corrected chi connectivity index (χ0v) is 15.1. The van der Waals surface area contributed by atoms with Gasteiger partial charge in [0.15, 0.2) is 0 Å². The molecule has 2 rings (SSSR count). The third kappa shape index (κ3) is 5.75. The minimum atomic E-state index is -3.72. The van der Waals surface area contributed by atoms with Crippen molar-refractivity contribution in [3.63, 3.8) is 0 Å². The van der Waals surface area contributed by atoms with Gasteiger partial charge in [0.1, 0.15) is 5.82 Å². The van der Waals surface area contributed by atoms with Crippen molar-refractivity contribution in [2.75, 3.05) is 21.9 Å². The van der Waals surface area contributed by atoms with E-state index in [0.29, 0.717) is 17.2 Å². The molecular formula is C17H22N4O3S. The molecule has 0 radical (unpaired) electrons. The molecule has 0 bridgehead atoms. The fourth-order valence-electron chi connectivity index (χ4n) is 2.09. The van der Waals surface area contributed by atoms with Crippen LogP contribution < -0.4 is 15.4 Å². The number of unbranched alkanes of at least 4 members (excludes halogenated alkanes) is 1. The van der Waals surface area contributed by atoms with Gasteiger partial charge in [-0.05, 0) is 42.8 Å². The summed E-state index contributed by atoms with van der Waals surface area (Å²) in [4.78, 5) is 15.3. The first-order chi connectivity index (χ1) is 11.9. The first-order valence-corrected chi connectivity index (χ1v) is 9.49. The molecule has 1 heterocycles. The predicted octanol–water partition coefficient (Wildman–Crippen LogP) is 3.05. The number of hydrogen-bond acceptors (Lipinski definition) is 5. The summed E-state index contributed by atoms with van der Waals surface area (Å²) in [5.41, 5.74) is 0.919. The Morgan fingerprint density at radius 1 is 1.08 bits per heavy atom. The summed E-state index contributed by atoms with van der Waals surface area (Å²) in [5, 5.41) is 5.76. The van der Waals surface area contributed by atoms with Crippen LogP contribution in [0.1, 0.15) is 26.7 Å². The molecule has 1 amide bonds. The highest BCUT2D eigenvalue weighted by Crippen LogP contribution is 2.18. The zero-order chi connectivity index (χ0) is 18.3. The second-order valence-electron chi connectivity index (χ2n) is 5.52. The number of pyridine rings is 1. The summed E-state index contributed by atoms with van der Waals surface area (Å²) < 4.78 is 27.3. The summed E-state index contributed by atoms with van der Waals surface area (Å²) in [7, 11) is -3.72. The molecule has 0 aliphatic heterocycles. The lowest BCUT2D eigenvalue weighted by molar-refractivity contribution is -0.114. The maximum absolute atomic E-state index is 12.4. The summed E-state index contributed by atoms with van der Waals surface area (Å²) in [6, 6.07) is 9.32. The third-order valence-electron chi connectivity index (χ3n) is 3.34. The molecular weight excluding hydrogens is 340 g/mol. The van der Waals surface area contributed by atoms with Gasteiger partial charge in [-0.3, -0.25) is 9.52 Å². The van der Waals surface area contributed by atoms with Crippen LogP contribution >= 0.6 is 0 Å². The number of hydrogen-bond donors (Lipinski definition) is 3. The van der Waals surface area contributed by atoms with Crippen LogP contribution in [0.4, 0.5) is 17.2 Å². The fourth-order valence-corrected chi connectivity index (χ4v) is 3.13. The van der Waals surface area contributed by atoms with E-state index in [4.69, 9.17) is 0 Å². The van der Waals surface area contributed by atoms with Crippen LogP contribution in [0.15, 0.2) is 47.5 Å². The number of carbonyl (C=O) groups is 1. The second kappa shape index (κ2) is 8.48. The van der Waals surface area contributed by atoms with Gasteiger partial charge < -0.3 is 10.6 Å². The van der Waals surface area contributed by atoms with E-state index < -0.39 is 10.0 Å². The van der Waals surface area contributed by atoms with E-state index in [2.05, 4.69) is 27.3 Å². The number of amides is 1. The Morgan fingerprint density at radius 2 is 1.76 bits per heavy atom. The van der Waals surface area contributed by atoms with Gasteiger partial charge in [-0.15, -0.1) is 0 Å². The SMILES string of the molecule is CCCCNc1ccc(NS(=O)(=O)c2ccc(NC(C)=O)cc2)cn1. The molecule has 0 aliphatic rings. The Hall–Kier alpha value is -2.61. The second-order valence-corrected chi connectivity index (χ2v) is 7.21. The van der Waals surface area contributed by atoms with Gasteiger partial charge in [0.2, 0.25) is 5.91 Å². The number of aromatic nitrogens is 1. The minimum absolute atomic E-state index is 0.103. The van der Waals surface area contributed by atoms with Gasteiger partial charge in [-0.25, -0.2) is 13.4 Å². The lowest BCUT2D eigenvalue weighted by Crippen LogP contribution is -2.13. The Bertz CT molecular complexity index is 803. The Balaban J connectivity index is 2.03. The lowest BCUT2D eigenvalue weighted by Gasteiger charge is -2.10. The van der Waals surface area contributed by atoms with Crippen LogP contribution in [-0.4, -0.2) is 25.9 Å². The van der Waals surface area contributed by atoms with Gasteiger partial charge in [-0.2, -0.15) is 0 Å². The maximum Gasteiger partial charge on any atom is 0.261 e. The van der Waals surface area contributed by atoms with Gasteiger partial charge >= 0.3 is 0 Å². The Labute approximate surface area is 147 Å². The molecule has 3 N–H and O–H groups in total. The molecule has 0 aliphatic carbocycles. The van der Waals surface area contributed by atoms with E-state index in [1.54, 1.807) is 12.1 Å². The highest BCUT2D eigenvalue weighted by Gasteiger charge is 2.14. The predicted molar refractivity (Wildman–Crippen MR) is 99.2 cm³/mol. The van der Waals surface area contributed by atoms with E-state index in [9.17, 15) is 13.2 Å². The van der Waals surface area contributed by atoms with Crippen molar-refractivity contribution in [3.05, 3.63) is 42.6 Å². The lowest BCUT2D eigenvalue weighted by atomic mass is 10.3. The van der Waals surface area contributed by atoms with Gasteiger partial charge in [0, 0.05) is 19.2 Å². The number of rotatable bonds is 8. The molecule has 0 atom stereocenters. The van der Waals surface area contributed by atoms with Crippen molar-refractivity contribution >= 4 is 33.1 Å². The molecule has 8 heteroatoms. The summed E-state index contributed by atoms with van der Waals surface area (Å²) in [5.74, 6) is 0.489. The molecule has 7 nitrogen and oxygen atoms in total. The van der Waals surface area contributed by atoms with Crippen LogP contribution in [0, 0.1) is 0 Å². The number of nitrogens with one attached hydrogen (secondary N) is 3. The third-order valence-corrected chi connectivity index (χ3v) is 4.73. The molecule has 1 aromatic carbocycles. The van der Waals surface area contributed by atoms with Gasteiger partial charge in [0.25, 0.3) is 10.0 Å². The molecule has 1 aromatic heterocycles. The highest BCUT2D eigenvalue weighted by molar-refractivity contribution is 7.92. The molecule has 0 fully saturated rings. The van der Waals surface area contributed by atoms with Crippen molar-refractivity contribution in [1.82, 2.24) is 4.98 Å². The molecule has 0 spiro atoms. The van der Waals surface area contributed by atoms with E-state index in [1.807, 2.05) is 0 Å². The highest BCUT2D eigenvalue weighted by atomic mass is 32.2. The van der Waals surface area contributed by atoms with E-state index >= 15 is 0 Å². The summed E-state index contributed by atoms with van der Waals surface area (Å²) >= 11 is 0. The zero-order valence-electron chi connectivity index (χ0n) is 14.2. The first kappa shape index (κ1) is 18.7. The fraction of sp³-hybridized carbons (Fsp3) is 0.294. The average molecular weight is 362 g/mol. The van der Waals surface area contributed by atoms with E-state index in [-0.39, 0.29) is 10.8 Å². The van der Waals surface area contributed by atoms with E-state index in [0.717, 1.165) is 19.4 Å². The molecule has 0 unspecified atom stereocenters. The van der Waals surface area contributed by atoms with Crippen LogP contribution in [0.2, 0.25) is 0 Å². The average Bonchev–Trinajstić information content (AvgIpc) is 2.56. The summed E-state index contributed by atoms with van der Waals surface area (Å²) in [6.07, 6.45) is 3.60. The van der Waals surface area contributed by atoms with Crippen molar-refractivity contribution in [2.24, 2.45) is 0 Å². The van der Waals surface area contributed by atoms with Crippen molar-refractivity contribution < 1.29 is 13.2 Å². The van der Waals surface area contributed by atoms with Gasteiger partial charge in [-0.1, -0.05) is 13.3 Å². The van der Waals surface area contributed by atoms with Crippen LogP contribution in [0.3, 0.4) is 0 Å². The normalized spacial score (nSPS) is 11.0. The standard InChI is InChI=1S/C17H22N4O3S/c1-3-4-11-18-17-10-7-15(12-19-17)21-25(23,24)16-8-5-14(6-9-16)20-13(2)22/h5-10,12,21H,3-4,11H2,1-2H3,(H,18,19)(H,20,22). The largest absolute Gasteiger partial charge is 0.370 e. The van der Waals surface area contributed by atoms with Crippen molar-refractivity contribution in [1.29, 1.82) is 0 Å². The van der Waals surface area contributed by atoms with Crippen molar-refractivity contribution in [2.45, 2.75) is 31.6 Å².